The molecular weight excluding hydrogens is 398 g/mol. The van der Waals surface area contributed by atoms with Crippen molar-refractivity contribution in [2.75, 3.05) is 0 Å². The Morgan fingerprint density at radius 3 is 2.38 bits per heavy atom. The van der Waals surface area contributed by atoms with Crippen molar-refractivity contribution in [3.8, 4) is 34.1 Å². The van der Waals surface area contributed by atoms with Crippen LogP contribution in [0.3, 0.4) is 0 Å². The molecule has 5 rings (SSSR count). The summed E-state index contributed by atoms with van der Waals surface area (Å²) in [5, 5.41) is 10.7. The van der Waals surface area contributed by atoms with Crippen molar-refractivity contribution in [1.29, 1.82) is 5.26 Å². The number of carbonyl (C=O) groups excluding carboxylic acids is 1. The molecule has 0 aliphatic carbocycles. The molecule has 0 unspecified atom stereocenters. The van der Waals surface area contributed by atoms with Crippen LogP contribution < -0.4 is 5.73 Å². The fourth-order valence-corrected chi connectivity index (χ4v) is 3.97. The number of rotatable bonds is 4. The Hall–Kier alpha value is -4.76. The zero-order valence-electron chi connectivity index (χ0n) is 16.9. The fraction of sp³-hybridized carbons (Fsp3) is 0. The second kappa shape index (κ2) is 7.82. The highest BCUT2D eigenvalue weighted by Gasteiger charge is 2.21. The van der Waals surface area contributed by atoms with Crippen LogP contribution in [0.2, 0.25) is 0 Å². The van der Waals surface area contributed by atoms with Crippen LogP contribution in [0, 0.1) is 11.3 Å². The minimum absolute atomic E-state index is 0.269. The van der Waals surface area contributed by atoms with Crippen LogP contribution in [0.4, 0.5) is 0 Å². The number of amides is 1. The molecule has 32 heavy (non-hydrogen) atoms. The summed E-state index contributed by atoms with van der Waals surface area (Å²) in [7, 11) is 0. The van der Waals surface area contributed by atoms with Gasteiger partial charge in [0.1, 0.15) is 11.8 Å². The lowest BCUT2D eigenvalue weighted by Crippen LogP contribution is -2.18. The van der Waals surface area contributed by atoms with Crippen molar-refractivity contribution in [2.24, 2.45) is 5.73 Å². The van der Waals surface area contributed by atoms with Crippen LogP contribution in [0.5, 0.6) is 0 Å². The third-order valence-corrected chi connectivity index (χ3v) is 5.40. The fourth-order valence-electron chi connectivity index (χ4n) is 3.97. The molecule has 1 amide bonds. The van der Waals surface area contributed by atoms with Crippen LogP contribution in [-0.4, -0.2) is 20.4 Å². The molecule has 6 heteroatoms. The highest BCUT2D eigenvalue weighted by Crippen LogP contribution is 2.32. The lowest BCUT2D eigenvalue weighted by molar-refractivity contribution is 0.100. The molecule has 0 fully saturated rings. The molecule has 0 radical (unpaired) electrons. The molecule has 0 atom stereocenters. The number of aromatic nitrogens is 3. The van der Waals surface area contributed by atoms with E-state index < -0.39 is 5.91 Å². The minimum atomic E-state index is -0.605. The number of nitrogens with two attached hydrogens (primary N) is 1. The molecule has 152 valence electrons. The Balaban J connectivity index is 1.77. The molecule has 0 saturated carbocycles. The van der Waals surface area contributed by atoms with Crippen molar-refractivity contribution in [3.63, 3.8) is 0 Å². The van der Waals surface area contributed by atoms with E-state index >= 15 is 0 Å². The van der Waals surface area contributed by atoms with E-state index in [0.717, 1.165) is 27.6 Å². The Kier molecular flexibility index (Phi) is 4.70. The highest BCUT2D eigenvalue weighted by molar-refractivity contribution is 6.03. The van der Waals surface area contributed by atoms with Crippen molar-refractivity contribution < 1.29 is 4.79 Å². The number of nitrogens with zero attached hydrogens (tertiary/aromatic N) is 4. The number of fused-ring (bicyclic) bond motifs is 1. The first-order valence-electron chi connectivity index (χ1n) is 9.98. The summed E-state index contributed by atoms with van der Waals surface area (Å²) in [5.41, 5.74) is 10.8. The minimum Gasteiger partial charge on any atom is -0.365 e. The van der Waals surface area contributed by atoms with Gasteiger partial charge in [0.25, 0.3) is 5.91 Å². The summed E-state index contributed by atoms with van der Waals surface area (Å²) in [4.78, 5) is 21.1. The number of pyridine rings is 2. The molecule has 0 spiro atoms. The van der Waals surface area contributed by atoms with E-state index in [-0.39, 0.29) is 5.56 Å². The normalized spacial score (nSPS) is 10.7. The van der Waals surface area contributed by atoms with Gasteiger partial charge in [-0.1, -0.05) is 36.4 Å². The average molecular weight is 415 g/mol. The number of benzene rings is 2. The van der Waals surface area contributed by atoms with Crippen molar-refractivity contribution in [3.05, 3.63) is 103 Å². The number of hydrogen-bond acceptors (Lipinski definition) is 4. The van der Waals surface area contributed by atoms with Crippen molar-refractivity contribution in [2.45, 2.75) is 0 Å². The van der Waals surface area contributed by atoms with Gasteiger partial charge in [-0.15, -0.1) is 0 Å². The van der Waals surface area contributed by atoms with Crippen LogP contribution in [0.1, 0.15) is 16.1 Å². The van der Waals surface area contributed by atoms with Gasteiger partial charge >= 0.3 is 0 Å². The van der Waals surface area contributed by atoms with Gasteiger partial charge in [-0.25, -0.2) is 4.98 Å². The van der Waals surface area contributed by atoms with Crippen LogP contribution >= 0.6 is 0 Å². The maximum Gasteiger partial charge on any atom is 0.253 e. The molecule has 6 nitrogen and oxygen atoms in total. The highest BCUT2D eigenvalue weighted by atomic mass is 16.1. The summed E-state index contributed by atoms with van der Waals surface area (Å²) < 4.78 is 1.69. The number of primary amides is 1. The molecule has 5 aromatic rings. The first-order chi connectivity index (χ1) is 15.7. The second-order valence-corrected chi connectivity index (χ2v) is 7.27. The quantitative estimate of drug-likeness (QED) is 0.459. The summed E-state index contributed by atoms with van der Waals surface area (Å²) in [5.74, 6) is -0.270. The third kappa shape index (κ3) is 3.18. The predicted octanol–water partition coefficient (Wildman–Crippen LogP) is 4.73. The molecule has 3 aromatic heterocycles. The molecule has 0 aliphatic heterocycles. The van der Waals surface area contributed by atoms with E-state index in [2.05, 4.69) is 16.0 Å². The monoisotopic (exact) mass is 415 g/mol. The summed E-state index contributed by atoms with van der Waals surface area (Å²) >= 11 is 0. The van der Waals surface area contributed by atoms with Crippen LogP contribution in [0.25, 0.3) is 39.0 Å². The van der Waals surface area contributed by atoms with Gasteiger partial charge in [-0.3, -0.25) is 14.3 Å². The van der Waals surface area contributed by atoms with Gasteiger partial charge in [-0.2, -0.15) is 5.26 Å². The first kappa shape index (κ1) is 19.2. The molecule has 0 saturated heterocycles. The molecule has 3 heterocycles. The first-order valence-corrected chi connectivity index (χ1v) is 9.98. The number of carbonyl (C=O) groups is 1. The largest absolute Gasteiger partial charge is 0.365 e. The molecule has 2 aromatic carbocycles. The molecule has 0 aliphatic rings. The molecule has 2 N–H and O–H groups in total. The van der Waals surface area contributed by atoms with Gasteiger partial charge in [0.05, 0.1) is 11.1 Å². The number of nitriles is 1. The second-order valence-electron chi connectivity index (χ2n) is 7.27. The summed E-state index contributed by atoms with van der Waals surface area (Å²) in [6, 6.07) is 25.1. The Morgan fingerprint density at radius 2 is 1.66 bits per heavy atom. The predicted molar refractivity (Wildman–Crippen MR) is 123 cm³/mol. The Morgan fingerprint density at radius 1 is 0.875 bits per heavy atom. The average Bonchev–Trinajstić information content (AvgIpc) is 3.22. The standard InChI is InChI=1S/C26H17N5O/c27-16-21-15-20-14-19(17-8-11-29-12-9-17)6-7-23(20)31(21)26-24(25(28)32)22(10-13-30-26)18-4-2-1-3-5-18/h1-15H,(H2,28,32). The lowest BCUT2D eigenvalue weighted by Gasteiger charge is -2.14. The third-order valence-electron chi connectivity index (χ3n) is 5.40. The lowest BCUT2D eigenvalue weighted by atomic mass is 10.0. The zero-order chi connectivity index (χ0) is 22.1. The summed E-state index contributed by atoms with van der Waals surface area (Å²) in [6.45, 7) is 0. The van der Waals surface area contributed by atoms with Crippen LogP contribution in [-0.2, 0) is 0 Å². The van der Waals surface area contributed by atoms with E-state index in [1.807, 2.05) is 60.7 Å². The van der Waals surface area contributed by atoms with Gasteiger partial charge in [0.15, 0.2) is 5.82 Å². The Bertz CT molecular complexity index is 1500. The Labute approximate surface area is 184 Å². The number of hydrogen-bond donors (Lipinski definition) is 1. The maximum absolute atomic E-state index is 12.6. The van der Waals surface area contributed by atoms with Gasteiger partial charge in [0, 0.05) is 24.0 Å². The van der Waals surface area contributed by atoms with Crippen molar-refractivity contribution in [1.82, 2.24) is 14.5 Å². The van der Waals surface area contributed by atoms with Gasteiger partial charge in [0.2, 0.25) is 0 Å². The maximum atomic E-state index is 12.6. The molecule has 0 bridgehead atoms. The van der Waals surface area contributed by atoms with Gasteiger partial charge < -0.3 is 5.73 Å². The van der Waals surface area contributed by atoms with E-state index in [0.29, 0.717) is 17.1 Å². The van der Waals surface area contributed by atoms with Crippen LogP contribution in [0.15, 0.2) is 91.4 Å². The van der Waals surface area contributed by atoms with E-state index in [1.54, 1.807) is 35.3 Å². The molecular formula is C26H17N5O. The smallest absolute Gasteiger partial charge is 0.253 e. The van der Waals surface area contributed by atoms with Gasteiger partial charge in [-0.05, 0) is 58.7 Å². The van der Waals surface area contributed by atoms with E-state index in [4.69, 9.17) is 5.73 Å². The van der Waals surface area contributed by atoms with E-state index in [1.165, 1.54) is 0 Å². The summed E-state index contributed by atoms with van der Waals surface area (Å²) in [6.07, 6.45) is 5.11. The topological polar surface area (TPSA) is 97.6 Å². The van der Waals surface area contributed by atoms with Crippen molar-refractivity contribution >= 4 is 16.8 Å². The SMILES string of the molecule is N#Cc1cc2cc(-c3ccncc3)ccc2n1-c1nccc(-c2ccccc2)c1C(N)=O. The zero-order valence-corrected chi connectivity index (χ0v) is 16.9. The van der Waals surface area contributed by atoms with E-state index in [9.17, 15) is 10.1 Å².